The monoisotopic (exact) mass is 229 g/mol. The summed E-state index contributed by atoms with van der Waals surface area (Å²) >= 11 is 0. The Morgan fingerprint density at radius 2 is 1.94 bits per heavy atom. The van der Waals surface area contributed by atoms with E-state index < -0.39 is 0 Å². The summed E-state index contributed by atoms with van der Waals surface area (Å²) in [6, 6.07) is 0. The molecule has 0 amide bonds. The number of carbonyl (C=O) groups is 1. The second kappa shape index (κ2) is 6.65. The molecule has 0 aromatic heterocycles. The molecule has 92 valence electrons. The molecule has 0 aliphatic carbocycles. The Labute approximate surface area is 95.2 Å². The van der Waals surface area contributed by atoms with Crippen LogP contribution in [0.2, 0.25) is 0 Å². The summed E-state index contributed by atoms with van der Waals surface area (Å²) in [5.74, 6) is -0.395. The third-order valence-electron chi connectivity index (χ3n) is 1.80. The summed E-state index contributed by atoms with van der Waals surface area (Å²) in [4.78, 5) is 13.4. The number of nitrogens with one attached hydrogen (secondary N) is 2. The van der Waals surface area contributed by atoms with Crippen molar-refractivity contribution in [1.29, 1.82) is 10.8 Å². The van der Waals surface area contributed by atoms with Gasteiger partial charge in [-0.1, -0.05) is 0 Å². The van der Waals surface area contributed by atoms with E-state index >= 15 is 0 Å². The fourth-order valence-electron chi connectivity index (χ4n) is 1.02. The number of nitrogens with zero attached hydrogens (tertiary/aromatic N) is 2. The standard InChI is InChI=1S/C9H19N5O2/c1-7(15)16-6-4-5-14(8(10)11)9(12)13(2)3/h12H,4-6H2,1-3H3,(H3,10,11). The maximum atomic E-state index is 10.5. The maximum Gasteiger partial charge on any atom is 0.302 e. The molecule has 0 rings (SSSR count). The summed E-state index contributed by atoms with van der Waals surface area (Å²) in [6.07, 6.45) is 0.523. The third kappa shape index (κ3) is 5.18. The first-order valence-electron chi connectivity index (χ1n) is 4.87. The molecule has 0 aromatic carbocycles. The van der Waals surface area contributed by atoms with Crippen LogP contribution in [-0.2, 0) is 9.53 Å². The van der Waals surface area contributed by atoms with Crippen LogP contribution in [0.25, 0.3) is 0 Å². The van der Waals surface area contributed by atoms with Crippen molar-refractivity contribution in [2.75, 3.05) is 27.2 Å². The van der Waals surface area contributed by atoms with E-state index in [4.69, 9.17) is 21.3 Å². The van der Waals surface area contributed by atoms with E-state index in [1.807, 2.05) is 0 Å². The highest BCUT2D eigenvalue weighted by molar-refractivity contribution is 5.94. The molecule has 7 nitrogen and oxygen atoms in total. The Morgan fingerprint density at radius 3 is 2.31 bits per heavy atom. The number of rotatable bonds is 4. The maximum absolute atomic E-state index is 10.5. The normalized spacial score (nSPS) is 9.44. The summed E-state index contributed by atoms with van der Waals surface area (Å²) in [5, 5.41) is 15.0. The lowest BCUT2D eigenvalue weighted by molar-refractivity contribution is -0.141. The Balaban J connectivity index is 4.10. The first kappa shape index (κ1) is 14.2. The summed E-state index contributed by atoms with van der Waals surface area (Å²) in [6.45, 7) is 1.98. The van der Waals surface area contributed by atoms with Gasteiger partial charge in [0.15, 0.2) is 11.9 Å². The zero-order chi connectivity index (χ0) is 12.7. The highest BCUT2D eigenvalue weighted by Gasteiger charge is 2.13. The lowest BCUT2D eigenvalue weighted by atomic mass is 10.4. The largest absolute Gasteiger partial charge is 0.466 e. The van der Waals surface area contributed by atoms with E-state index in [9.17, 15) is 4.79 Å². The molecule has 0 fully saturated rings. The molecule has 0 unspecified atom stereocenters. The molecule has 4 N–H and O–H groups in total. The fourth-order valence-corrected chi connectivity index (χ4v) is 1.02. The molecule has 0 bridgehead atoms. The molecule has 7 heteroatoms. The van der Waals surface area contributed by atoms with Crippen LogP contribution in [0.1, 0.15) is 13.3 Å². The van der Waals surface area contributed by atoms with Crippen molar-refractivity contribution in [3.8, 4) is 0 Å². The minimum Gasteiger partial charge on any atom is -0.466 e. The molecule has 0 aromatic rings. The average molecular weight is 229 g/mol. The van der Waals surface area contributed by atoms with Gasteiger partial charge in [-0.05, 0) is 6.42 Å². The van der Waals surface area contributed by atoms with Crippen LogP contribution in [0.3, 0.4) is 0 Å². The van der Waals surface area contributed by atoms with Gasteiger partial charge in [0.05, 0.1) is 6.61 Å². The van der Waals surface area contributed by atoms with E-state index in [2.05, 4.69) is 0 Å². The zero-order valence-electron chi connectivity index (χ0n) is 9.91. The minimum atomic E-state index is -0.336. The van der Waals surface area contributed by atoms with Crippen molar-refractivity contribution < 1.29 is 9.53 Å². The van der Waals surface area contributed by atoms with Crippen LogP contribution in [0.4, 0.5) is 0 Å². The number of guanidine groups is 2. The summed E-state index contributed by atoms with van der Waals surface area (Å²) < 4.78 is 4.75. The van der Waals surface area contributed by atoms with Gasteiger partial charge in [-0.15, -0.1) is 0 Å². The summed E-state index contributed by atoms with van der Waals surface area (Å²) in [5.41, 5.74) is 5.35. The quantitative estimate of drug-likeness (QED) is 0.264. The second-order valence-electron chi connectivity index (χ2n) is 3.45. The smallest absolute Gasteiger partial charge is 0.302 e. The molecule has 0 atom stereocenters. The Kier molecular flexibility index (Phi) is 5.91. The number of nitrogens with two attached hydrogens (primary N) is 1. The molecule has 0 heterocycles. The van der Waals surface area contributed by atoms with Crippen LogP contribution in [0.15, 0.2) is 0 Å². The van der Waals surface area contributed by atoms with Gasteiger partial charge in [0.1, 0.15) is 0 Å². The van der Waals surface area contributed by atoms with Crippen molar-refractivity contribution in [3.05, 3.63) is 0 Å². The van der Waals surface area contributed by atoms with Gasteiger partial charge < -0.3 is 15.4 Å². The number of esters is 1. The molecular weight excluding hydrogens is 210 g/mol. The van der Waals surface area contributed by atoms with Crippen molar-refractivity contribution in [3.63, 3.8) is 0 Å². The SMILES string of the molecule is CC(=O)OCCCN(C(=N)N)C(=N)N(C)C. The van der Waals surface area contributed by atoms with E-state index in [0.29, 0.717) is 13.0 Å². The number of hydrogen-bond acceptors (Lipinski definition) is 4. The first-order chi connectivity index (χ1) is 7.36. The van der Waals surface area contributed by atoms with E-state index in [1.165, 1.54) is 11.8 Å². The van der Waals surface area contributed by atoms with Gasteiger partial charge in [0.25, 0.3) is 0 Å². The average Bonchev–Trinajstić information content (AvgIpc) is 2.15. The lowest BCUT2D eigenvalue weighted by Crippen LogP contribution is -2.47. The highest BCUT2D eigenvalue weighted by atomic mass is 16.5. The van der Waals surface area contributed by atoms with Crippen molar-refractivity contribution >= 4 is 17.9 Å². The van der Waals surface area contributed by atoms with Gasteiger partial charge in [-0.3, -0.25) is 20.5 Å². The molecule has 16 heavy (non-hydrogen) atoms. The Morgan fingerprint density at radius 1 is 1.38 bits per heavy atom. The molecule has 0 aliphatic heterocycles. The van der Waals surface area contributed by atoms with Crippen LogP contribution >= 0.6 is 0 Å². The Bertz CT molecular complexity index is 277. The molecule has 0 aliphatic rings. The predicted molar refractivity (Wildman–Crippen MR) is 61.3 cm³/mol. The van der Waals surface area contributed by atoms with Gasteiger partial charge in [0, 0.05) is 27.6 Å². The Hall–Kier alpha value is -1.79. The first-order valence-corrected chi connectivity index (χ1v) is 4.87. The summed E-state index contributed by atoms with van der Waals surface area (Å²) in [7, 11) is 3.40. The lowest BCUT2D eigenvalue weighted by Gasteiger charge is -2.27. The molecule has 0 radical (unpaired) electrons. The molecule has 0 saturated carbocycles. The number of carbonyl (C=O) groups excluding carboxylic acids is 1. The predicted octanol–water partition coefficient (Wildman–Crippen LogP) is -0.369. The van der Waals surface area contributed by atoms with E-state index in [0.717, 1.165) is 0 Å². The van der Waals surface area contributed by atoms with Crippen molar-refractivity contribution in [2.24, 2.45) is 5.73 Å². The minimum absolute atomic E-state index is 0.135. The topological polar surface area (TPSA) is 106 Å². The number of hydrogen-bond donors (Lipinski definition) is 3. The van der Waals surface area contributed by atoms with Gasteiger partial charge in [0.2, 0.25) is 0 Å². The molecule has 0 saturated heterocycles. The third-order valence-corrected chi connectivity index (χ3v) is 1.80. The number of ether oxygens (including phenoxy) is 1. The molecule has 0 spiro atoms. The van der Waals surface area contributed by atoms with Crippen molar-refractivity contribution in [1.82, 2.24) is 9.80 Å². The van der Waals surface area contributed by atoms with E-state index in [-0.39, 0.29) is 24.5 Å². The van der Waals surface area contributed by atoms with Gasteiger partial charge in [-0.25, -0.2) is 0 Å². The molecular formula is C9H19N5O2. The highest BCUT2D eigenvalue weighted by Crippen LogP contribution is 1.95. The van der Waals surface area contributed by atoms with Crippen LogP contribution in [0, 0.1) is 10.8 Å². The van der Waals surface area contributed by atoms with Gasteiger partial charge in [-0.2, -0.15) is 0 Å². The fraction of sp³-hybridized carbons (Fsp3) is 0.667. The van der Waals surface area contributed by atoms with Crippen LogP contribution in [-0.4, -0.2) is 54.9 Å². The van der Waals surface area contributed by atoms with Crippen molar-refractivity contribution in [2.45, 2.75) is 13.3 Å². The van der Waals surface area contributed by atoms with Crippen LogP contribution in [0.5, 0.6) is 0 Å². The van der Waals surface area contributed by atoms with Gasteiger partial charge >= 0.3 is 5.97 Å². The zero-order valence-corrected chi connectivity index (χ0v) is 9.91. The van der Waals surface area contributed by atoms with Crippen LogP contribution < -0.4 is 5.73 Å². The second-order valence-corrected chi connectivity index (χ2v) is 3.45. The van der Waals surface area contributed by atoms with E-state index in [1.54, 1.807) is 19.0 Å².